The minimum atomic E-state index is -3.86. The summed E-state index contributed by atoms with van der Waals surface area (Å²) >= 11 is 8.25. The van der Waals surface area contributed by atoms with Crippen molar-refractivity contribution < 1.29 is 17.6 Å². The number of hydrogen-bond acceptors (Lipinski definition) is 9. The Hall–Kier alpha value is -2.99. The number of nitrogens with zero attached hydrogens (tertiary/aromatic N) is 4. The second-order valence-corrected chi connectivity index (χ2v) is 10.5. The van der Waals surface area contributed by atoms with E-state index in [0.717, 1.165) is 35.1 Å². The molecule has 176 valence electrons. The average Bonchev–Trinajstić information content (AvgIpc) is 3.52. The third-order valence-electron chi connectivity index (χ3n) is 5.21. The number of benzene rings is 1. The maximum atomic E-state index is 12.7. The van der Waals surface area contributed by atoms with E-state index in [1.165, 1.54) is 23.7 Å². The van der Waals surface area contributed by atoms with Gasteiger partial charge in [-0.3, -0.25) is 4.72 Å². The van der Waals surface area contributed by atoms with E-state index < -0.39 is 10.0 Å². The van der Waals surface area contributed by atoms with Gasteiger partial charge >= 0.3 is 0 Å². The Bertz CT molecular complexity index is 1420. The molecule has 0 aliphatic carbocycles. The second-order valence-electron chi connectivity index (χ2n) is 7.49. The van der Waals surface area contributed by atoms with Gasteiger partial charge in [0.1, 0.15) is 17.0 Å². The van der Waals surface area contributed by atoms with Crippen LogP contribution in [0.3, 0.4) is 0 Å². The summed E-state index contributed by atoms with van der Waals surface area (Å²) in [5.74, 6) is 0.637. The highest BCUT2D eigenvalue weighted by molar-refractivity contribution is 7.92. The van der Waals surface area contributed by atoms with Crippen molar-refractivity contribution in [1.29, 1.82) is 0 Å². The number of furan rings is 1. The number of anilines is 2. The highest BCUT2D eigenvalue weighted by atomic mass is 35.5. The van der Waals surface area contributed by atoms with Crippen molar-refractivity contribution in [3.8, 4) is 21.8 Å². The molecular formula is C22H20ClN5O4S2. The van der Waals surface area contributed by atoms with Gasteiger partial charge in [-0.05, 0) is 25.1 Å². The summed E-state index contributed by atoms with van der Waals surface area (Å²) < 4.78 is 38.4. The number of rotatable bonds is 6. The van der Waals surface area contributed by atoms with Crippen LogP contribution < -0.4 is 9.62 Å². The van der Waals surface area contributed by atoms with E-state index in [4.69, 9.17) is 25.7 Å². The lowest BCUT2D eigenvalue weighted by atomic mass is 10.1. The van der Waals surface area contributed by atoms with Gasteiger partial charge in [-0.15, -0.1) is 0 Å². The van der Waals surface area contributed by atoms with E-state index in [0.29, 0.717) is 30.3 Å². The summed E-state index contributed by atoms with van der Waals surface area (Å²) in [7, 11) is -3.86. The molecule has 0 unspecified atom stereocenters. The molecule has 0 atom stereocenters. The van der Waals surface area contributed by atoms with Crippen LogP contribution >= 0.6 is 22.9 Å². The Kier molecular flexibility index (Phi) is 6.26. The molecule has 1 saturated heterocycles. The third kappa shape index (κ3) is 4.51. The molecule has 0 bridgehead atoms. The molecular weight excluding hydrogens is 498 g/mol. The lowest BCUT2D eigenvalue weighted by Gasteiger charge is -2.26. The third-order valence-corrected chi connectivity index (χ3v) is 8.10. The zero-order valence-corrected chi connectivity index (χ0v) is 20.5. The van der Waals surface area contributed by atoms with Gasteiger partial charge in [-0.25, -0.2) is 23.4 Å². The predicted molar refractivity (Wildman–Crippen MR) is 131 cm³/mol. The molecule has 9 nitrogen and oxygen atoms in total. The molecule has 1 N–H and O–H groups in total. The number of halogens is 1. The van der Waals surface area contributed by atoms with Gasteiger partial charge in [0.2, 0.25) is 0 Å². The minimum absolute atomic E-state index is 0.00869. The number of thiazole rings is 1. The summed E-state index contributed by atoms with van der Waals surface area (Å²) in [5, 5.41) is 1.06. The number of sulfonamides is 1. The lowest BCUT2D eigenvalue weighted by molar-refractivity contribution is 0.122. The maximum absolute atomic E-state index is 12.7. The van der Waals surface area contributed by atoms with Crippen molar-refractivity contribution in [2.45, 2.75) is 11.8 Å². The largest absolute Gasteiger partial charge is 0.471 e. The minimum Gasteiger partial charge on any atom is -0.471 e. The SMILES string of the molecule is Cc1nccc(-c2sc(N3CCOCC3)nc2-c2cccc(NS(=O)(=O)c3ccoc3)c2Cl)n1. The van der Waals surface area contributed by atoms with Gasteiger partial charge in [0.25, 0.3) is 10.0 Å². The van der Waals surface area contributed by atoms with Crippen molar-refractivity contribution in [2.24, 2.45) is 0 Å². The van der Waals surface area contributed by atoms with E-state index in [-0.39, 0.29) is 15.6 Å². The number of morpholine rings is 1. The van der Waals surface area contributed by atoms with E-state index in [2.05, 4.69) is 19.6 Å². The Morgan fingerprint density at radius 1 is 1.15 bits per heavy atom. The number of nitrogens with one attached hydrogen (secondary N) is 1. The standard InChI is InChI=1S/C22H20ClN5O4S2/c1-14-24-7-5-18(25-14)21-20(26-22(33-21)28-8-11-31-12-9-28)16-3-2-4-17(19(16)23)27-34(29,30)15-6-10-32-13-15/h2-7,10,13,27H,8-9,11-12H2,1H3. The van der Waals surface area contributed by atoms with Gasteiger partial charge < -0.3 is 14.1 Å². The molecule has 12 heteroatoms. The van der Waals surface area contributed by atoms with E-state index in [1.54, 1.807) is 18.3 Å². The Balaban J connectivity index is 1.60. The fraction of sp³-hybridized carbons (Fsp3) is 0.227. The average molecular weight is 518 g/mol. The Morgan fingerprint density at radius 2 is 1.97 bits per heavy atom. The Morgan fingerprint density at radius 3 is 2.71 bits per heavy atom. The molecule has 0 spiro atoms. The van der Waals surface area contributed by atoms with Crippen LogP contribution in [0.2, 0.25) is 5.02 Å². The molecule has 0 amide bonds. The van der Waals surface area contributed by atoms with Crippen LogP contribution in [-0.2, 0) is 14.8 Å². The number of aryl methyl sites for hydroxylation is 1. The zero-order valence-electron chi connectivity index (χ0n) is 18.1. The summed E-state index contributed by atoms with van der Waals surface area (Å²) in [6.07, 6.45) is 4.16. The first-order valence-electron chi connectivity index (χ1n) is 10.4. The molecule has 1 aromatic carbocycles. The first-order valence-corrected chi connectivity index (χ1v) is 13.1. The van der Waals surface area contributed by atoms with Crippen LogP contribution in [0.15, 0.2) is 58.4 Å². The Labute approximate surface area is 205 Å². The summed E-state index contributed by atoms with van der Waals surface area (Å²) in [5.41, 5.74) is 2.18. The second kappa shape index (κ2) is 9.34. The quantitative estimate of drug-likeness (QED) is 0.399. The molecule has 0 radical (unpaired) electrons. The molecule has 0 saturated carbocycles. The van der Waals surface area contributed by atoms with Crippen LogP contribution in [-0.4, -0.2) is 49.7 Å². The summed E-state index contributed by atoms with van der Waals surface area (Å²) in [6.45, 7) is 4.54. The van der Waals surface area contributed by atoms with Gasteiger partial charge in [0.05, 0.1) is 46.5 Å². The predicted octanol–water partition coefficient (Wildman–Crippen LogP) is 4.46. The van der Waals surface area contributed by atoms with Crippen molar-refractivity contribution in [3.63, 3.8) is 0 Å². The summed E-state index contributed by atoms with van der Waals surface area (Å²) in [6, 6.07) is 8.34. The number of hydrogen-bond donors (Lipinski definition) is 1. The monoisotopic (exact) mass is 517 g/mol. The molecule has 3 aromatic heterocycles. The molecule has 1 aliphatic rings. The molecule has 4 aromatic rings. The smallest absolute Gasteiger partial charge is 0.265 e. The normalized spacial score (nSPS) is 14.4. The number of ether oxygens (including phenoxy) is 1. The highest BCUT2D eigenvalue weighted by Crippen LogP contribution is 2.44. The lowest BCUT2D eigenvalue weighted by Crippen LogP contribution is -2.36. The van der Waals surface area contributed by atoms with Crippen LogP contribution in [0.5, 0.6) is 0 Å². The number of aromatic nitrogens is 3. The summed E-state index contributed by atoms with van der Waals surface area (Å²) in [4.78, 5) is 16.7. The van der Waals surface area contributed by atoms with Crippen LogP contribution in [0.25, 0.3) is 21.8 Å². The van der Waals surface area contributed by atoms with Crippen LogP contribution in [0.1, 0.15) is 5.82 Å². The van der Waals surface area contributed by atoms with Crippen molar-refractivity contribution >= 4 is 43.8 Å². The van der Waals surface area contributed by atoms with Crippen molar-refractivity contribution in [2.75, 3.05) is 35.9 Å². The van der Waals surface area contributed by atoms with E-state index >= 15 is 0 Å². The van der Waals surface area contributed by atoms with Crippen LogP contribution in [0, 0.1) is 6.92 Å². The zero-order chi connectivity index (χ0) is 23.7. The van der Waals surface area contributed by atoms with Gasteiger partial charge in [0, 0.05) is 24.8 Å². The van der Waals surface area contributed by atoms with E-state index in [1.807, 2.05) is 19.1 Å². The molecule has 5 rings (SSSR count). The first-order chi connectivity index (χ1) is 16.4. The topological polar surface area (TPSA) is 110 Å². The van der Waals surface area contributed by atoms with Gasteiger partial charge in [-0.2, -0.15) is 0 Å². The molecule has 1 fully saturated rings. The highest BCUT2D eigenvalue weighted by Gasteiger charge is 2.24. The maximum Gasteiger partial charge on any atom is 0.265 e. The fourth-order valence-electron chi connectivity index (χ4n) is 3.54. The van der Waals surface area contributed by atoms with Gasteiger partial charge in [-0.1, -0.05) is 35.1 Å². The van der Waals surface area contributed by atoms with Gasteiger partial charge in [0.15, 0.2) is 5.13 Å². The van der Waals surface area contributed by atoms with Crippen molar-refractivity contribution in [3.05, 3.63) is 59.9 Å². The van der Waals surface area contributed by atoms with Crippen molar-refractivity contribution in [1.82, 2.24) is 15.0 Å². The fourth-order valence-corrected chi connectivity index (χ4v) is 5.95. The molecule has 4 heterocycles. The molecule has 34 heavy (non-hydrogen) atoms. The first kappa shape index (κ1) is 22.8. The van der Waals surface area contributed by atoms with E-state index in [9.17, 15) is 8.42 Å². The molecule has 1 aliphatic heterocycles. The van der Waals surface area contributed by atoms with Crippen LogP contribution in [0.4, 0.5) is 10.8 Å².